The van der Waals surface area contributed by atoms with Crippen molar-refractivity contribution >= 4 is 29.1 Å². The molecule has 1 fully saturated rings. The first-order chi connectivity index (χ1) is 9.97. The quantitative estimate of drug-likeness (QED) is 0.872. The van der Waals surface area contributed by atoms with E-state index in [1.54, 1.807) is 6.07 Å². The normalized spacial score (nSPS) is 18.3. The molecule has 2 heterocycles. The average molecular weight is 310 g/mol. The van der Waals surface area contributed by atoms with E-state index in [0.29, 0.717) is 24.3 Å². The monoisotopic (exact) mass is 310 g/mol. The molecule has 114 valence electrons. The van der Waals surface area contributed by atoms with Gasteiger partial charge in [0.2, 0.25) is 5.91 Å². The second-order valence-electron chi connectivity index (χ2n) is 5.11. The van der Waals surface area contributed by atoms with E-state index >= 15 is 0 Å². The van der Waals surface area contributed by atoms with Gasteiger partial charge in [-0.2, -0.15) is 0 Å². The van der Waals surface area contributed by atoms with Crippen LogP contribution in [0.4, 0.5) is 0 Å². The number of nitrogens with one attached hydrogen (secondary N) is 1. The molecule has 2 N–H and O–H groups in total. The highest BCUT2D eigenvalue weighted by molar-refractivity contribution is 7.13. The van der Waals surface area contributed by atoms with Crippen molar-refractivity contribution in [2.24, 2.45) is 5.92 Å². The number of aliphatic carboxylic acids is 1. The number of carboxylic acids is 1. The van der Waals surface area contributed by atoms with E-state index in [4.69, 9.17) is 5.11 Å². The number of carbonyl (C=O) groups is 3. The Bertz CT molecular complexity index is 555. The van der Waals surface area contributed by atoms with Gasteiger partial charge >= 0.3 is 5.97 Å². The molecule has 0 radical (unpaired) electrons. The predicted molar refractivity (Wildman–Crippen MR) is 78.3 cm³/mol. The molecule has 0 bridgehead atoms. The van der Waals surface area contributed by atoms with Gasteiger partial charge in [-0.3, -0.25) is 14.4 Å². The molecule has 0 saturated carbocycles. The van der Waals surface area contributed by atoms with Gasteiger partial charge in [-0.25, -0.2) is 0 Å². The van der Waals surface area contributed by atoms with Gasteiger partial charge in [-0.15, -0.1) is 11.3 Å². The minimum absolute atomic E-state index is 0.0951. The molecule has 2 amide bonds. The summed E-state index contributed by atoms with van der Waals surface area (Å²) in [7, 11) is 0. The standard InChI is InChI=1S/C14H18N2O4S/c1-9-4-5-11(21-9)13(18)15-7-12(17)16-6-2-3-10(8-16)14(19)20/h4-5,10H,2-3,6-8H2,1H3,(H,15,18)(H,19,20). The zero-order chi connectivity index (χ0) is 15.4. The minimum Gasteiger partial charge on any atom is -0.481 e. The Hall–Kier alpha value is -1.89. The lowest BCUT2D eigenvalue weighted by molar-refractivity contribution is -0.145. The highest BCUT2D eigenvalue weighted by Crippen LogP contribution is 2.17. The molecule has 21 heavy (non-hydrogen) atoms. The van der Waals surface area contributed by atoms with Crippen molar-refractivity contribution in [3.8, 4) is 0 Å². The number of piperidine rings is 1. The Kier molecular flexibility index (Phi) is 4.95. The van der Waals surface area contributed by atoms with Gasteiger partial charge in [0.05, 0.1) is 17.3 Å². The lowest BCUT2D eigenvalue weighted by Crippen LogP contribution is -2.46. The summed E-state index contributed by atoms with van der Waals surface area (Å²) in [6.45, 7) is 2.59. The van der Waals surface area contributed by atoms with Gasteiger partial charge in [-0.1, -0.05) is 0 Å². The van der Waals surface area contributed by atoms with E-state index in [1.165, 1.54) is 16.2 Å². The number of hydrogen-bond donors (Lipinski definition) is 2. The highest BCUT2D eigenvalue weighted by atomic mass is 32.1. The van der Waals surface area contributed by atoms with Crippen LogP contribution in [0.15, 0.2) is 12.1 Å². The van der Waals surface area contributed by atoms with Crippen molar-refractivity contribution in [1.82, 2.24) is 10.2 Å². The van der Waals surface area contributed by atoms with Crippen LogP contribution in [-0.2, 0) is 9.59 Å². The third kappa shape index (κ3) is 4.04. The van der Waals surface area contributed by atoms with Crippen LogP contribution in [-0.4, -0.2) is 47.4 Å². The maximum absolute atomic E-state index is 12.0. The molecule has 6 nitrogen and oxygen atoms in total. The largest absolute Gasteiger partial charge is 0.481 e. The number of carbonyl (C=O) groups excluding carboxylic acids is 2. The van der Waals surface area contributed by atoms with Gasteiger partial charge in [-0.05, 0) is 31.9 Å². The highest BCUT2D eigenvalue weighted by Gasteiger charge is 2.28. The van der Waals surface area contributed by atoms with E-state index in [2.05, 4.69) is 5.32 Å². The molecule has 1 unspecified atom stereocenters. The molecule has 1 aliphatic rings. The van der Waals surface area contributed by atoms with Gasteiger partial charge in [0.1, 0.15) is 0 Å². The number of amides is 2. The molecule has 1 aliphatic heterocycles. The SMILES string of the molecule is Cc1ccc(C(=O)NCC(=O)N2CCCC(C(=O)O)C2)s1. The lowest BCUT2D eigenvalue weighted by Gasteiger charge is -2.30. The molecule has 0 aliphatic carbocycles. The third-order valence-electron chi connectivity index (χ3n) is 3.49. The van der Waals surface area contributed by atoms with Crippen LogP contribution in [0.1, 0.15) is 27.4 Å². The van der Waals surface area contributed by atoms with Gasteiger partial charge in [0, 0.05) is 18.0 Å². The van der Waals surface area contributed by atoms with E-state index in [0.717, 1.165) is 4.88 Å². The predicted octanol–water partition coefficient (Wildman–Crippen LogP) is 1.11. The first kappa shape index (κ1) is 15.5. The molecule has 2 rings (SSSR count). The maximum atomic E-state index is 12.0. The summed E-state index contributed by atoms with van der Waals surface area (Å²) >= 11 is 1.37. The van der Waals surface area contributed by atoms with Crippen molar-refractivity contribution < 1.29 is 19.5 Å². The summed E-state index contributed by atoms with van der Waals surface area (Å²) in [5, 5.41) is 11.6. The number of likely N-dealkylation sites (tertiary alicyclic amines) is 1. The lowest BCUT2D eigenvalue weighted by atomic mass is 9.98. The Morgan fingerprint density at radius 1 is 1.43 bits per heavy atom. The molecular weight excluding hydrogens is 292 g/mol. The van der Waals surface area contributed by atoms with E-state index in [1.807, 2.05) is 13.0 Å². The fraction of sp³-hybridized carbons (Fsp3) is 0.500. The zero-order valence-electron chi connectivity index (χ0n) is 11.8. The van der Waals surface area contributed by atoms with Crippen molar-refractivity contribution in [2.75, 3.05) is 19.6 Å². The zero-order valence-corrected chi connectivity index (χ0v) is 12.6. The summed E-state index contributed by atoms with van der Waals surface area (Å²) < 4.78 is 0. The van der Waals surface area contributed by atoms with Crippen LogP contribution >= 0.6 is 11.3 Å². The molecule has 1 saturated heterocycles. The van der Waals surface area contributed by atoms with Gasteiger partial charge in [0.15, 0.2) is 0 Å². The first-order valence-corrected chi connectivity index (χ1v) is 7.64. The summed E-state index contributed by atoms with van der Waals surface area (Å²) in [6.07, 6.45) is 1.28. The smallest absolute Gasteiger partial charge is 0.308 e. The summed E-state index contributed by atoms with van der Waals surface area (Å²) in [4.78, 5) is 38.0. The number of thiophene rings is 1. The summed E-state index contributed by atoms with van der Waals surface area (Å²) in [5.41, 5.74) is 0. The summed E-state index contributed by atoms with van der Waals surface area (Å²) in [6, 6.07) is 3.57. The van der Waals surface area contributed by atoms with Crippen LogP contribution in [0, 0.1) is 12.8 Å². The van der Waals surface area contributed by atoms with Crippen LogP contribution in [0.3, 0.4) is 0 Å². The number of aryl methyl sites for hydroxylation is 1. The molecule has 0 aromatic carbocycles. The Morgan fingerprint density at radius 3 is 2.81 bits per heavy atom. The van der Waals surface area contributed by atoms with Gasteiger partial charge in [0.25, 0.3) is 5.91 Å². The van der Waals surface area contributed by atoms with Crippen molar-refractivity contribution in [3.63, 3.8) is 0 Å². The van der Waals surface area contributed by atoms with Crippen molar-refractivity contribution in [2.45, 2.75) is 19.8 Å². The van der Waals surface area contributed by atoms with Crippen LogP contribution in [0.2, 0.25) is 0 Å². The molecular formula is C14H18N2O4S. The van der Waals surface area contributed by atoms with Crippen molar-refractivity contribution in [1.29, 1.82) is 0 Å². The Balaban J connectivity index is 1.84. The average Bonchev–Trinajstić information content (AvgIpc) is 2.91. The summed E-state index contributed by atoms with van der Waals surface area (Å²) in [5.74, 6) is -1.88. The van der Waals surface area contributed by atoms with Crippen LogP contribution in [0.5, 0.6) is 0 Å². The molecule has 1 aromatic heterocycles. The molecule has 7 heteroatoms. The van der Waals surface area contributed by atoms with Crippen LogP contribution in [0.25, 0.3) is 0 Å². The number of hydrogen-bond acceptors (Lipinski definition) is 4. The number of nitrogens with zero attached hydrogens (tertiary/aromatic N) is 1. The number of rotatable bonds is 4. The number of carboxylic acid groups (broad SMARTS) is 1. The molecule has 1 aromatic rings. The molecule has 0 spiro atoms. The first-order valence-electron chi connectivity index (χ1n) is 6.82. The molecule has 1 atom stereocenters. The second-order valence-corrected chi connectivity index (χ2v) is 6.40. The Labute approximate surface area is 126 Å². The van der Waals surface area contributed by atoms with E-state index in [-0.39, 0.29) is 24.9 Å². The van der Waals surface area contributed by atoms with E-state index in [9.17, 15) is 14.4 Å². The van der Waals surface area contributed by atoms with E-state index < -0.39 is 11.9 Å². The fourth-order valence-corrected chi connectivity index (χ4v) is 3.10. The van der Waals surface area contributed by atoms with Gasteiger partial charge < -0.3 is 15.3 Å². The third-order valence-corrected chi connectivity index (χ3v) is 4.49. The van der Waals surface area contributed by atoms with Crippen molar-refractivity contribution in [3.05, 3.63) is 21.9 Å². The minimum atomic E-state index is -0.870. The topological polar surface area (TPSA) is 86.7 Å². The fourth-order valence-electron chi connectivity index (χ4n) is 2.32. The van der Waals surface area contributed by atoms with Crippen LogP contribution < -0.4 is 5.32 Å². The Morgan fingerprint density at radius 2 is 2.19 bits per heavy atom. The second kappa shape index (κ2) is 6.71. The maximum Gasteiger partial charge on any atom is 0.308 e.